The van der Waals surface area contributed by atoms with Crippen LogP contribution in [-0.2, 0) is 13.2 Å². The van der Waals surface area contributed by atoms with Crippen molar-refractivity contribution < 1.29 is 27.8 Å². The van der Waals surface area contributed by atoms with Crippen molar-refractivity contribution in [3.05, 3.63) is 83.9 Å². The van der Waals surface area contributed by atoms with Crippen LogP contribution in [-0.4, -0.2) is 11.5 Å². The second-order valence-corrected chi connectivity index (χ2v) is 5.80. The molecule has 0 bridgehead atoms. The Morgan fingerprint density at radius 3 is 2.22 bits per heavy atom. The number of hydrogen-bond acceptors (Lipinski definition) is 3. The zero-order valence-electron chi connectivity index (χ0n) is 14.2. The average Bonchev–Trinajstić information content (AvgIpc) is 2.67. The highest BCUT2D eigenvalue weighted by molar-refractivity contribution is 5.70. The fraction of sp³-hybridized carbons (Fsp3) is 0.143. The number of aliphatic hydroxyl groups excluding tert-OH is 1. The van der Waals surface area contributed by atoms with Crippen molar-refractivity contribution >= 4 is 0 Å². The van der Waals surface area contributed by atoms with E-state index in [-0.39, 0.29) is 19.0 Å². The topological polar surface area (TPSA) is 38.7 Å². The van der Waals surface area contributed by atoms with Crippen molar-refractivity contribution in [2.75, 3.05) is 0 Å². The first-order valence-corrected chi connectivity index (χ1v) is 8.22. The molecule has 0 aromatic heterocycles. The number of hydrogen-bond donors (Lipinski definition) is 1. The Morgan fingerprint density at radius 2 is 1.52 bits per heavy atom. The second-order valence-electron chi connectivity index (χ2n) is 5.80. The molecule has 1 N–H and O–H groups in total. The largest absolute Gasteiger partial charge is 0.573 e. The smallest absolute Gasteiger partial charge is 0.485 e. The van der Waals surface area contributed by atoms with Gasteiger partial charge in [0.2, 0.25) is 0 Å². The summed E-state index contributed by atoms with van der Waals surface area (Å²) in [5.41, 5.74) is 2.81. The van der Waals surface area contributed by atoms with Crippen molar-refractivity contribution in [1.29, 1.82) is 0 Å². The van der Waals surface area contributed by atoms with Gasteiger partial charge in [0.05, 0.1) is 6.61 Å². The molecule has 0 saturated carbocycles. The van der Waals surface area contributed by atoms with Gasteiger partial charge in [-0.25, -0.2) is 0 Å². The summed E-state index contributed by atoms with van der Waals surface area (Å²) in [6, 6.07) is 20.4. The van der Waals surface area contributed by atoms with Crippen molar-refractivity contribution in [3.8, 4) is 22.6 Å². The average molecular weight is 374 g/mol. The zero-order chi connectivity index (χ0) is 19.3. The molecule has 0 aliphatic rings. The highest BCUT2D eigenvalue weighted by Crippen LogP contribution is 2.37. The van der Waals surface area contributed by atoms with Crippen molar-refractivity contribution in [2.24, 2.45) is 0 Å². The summed E-state index contributed by atoms with van der Waals surface area (Å²) in [5, 5.41) is 9.50. The summed E-state index contributed by atoms with van der Waals surface area (Å²) in [7, 11) is 0. The fourth-order valence-electron chi connectivity index (χ4n) is 2.67. The molecule has 6 heteroatoms. The third-order valence-electron chi connectivity index (χ3n) is 3.91. The van der Waals surface area contributed by atoms with E-state index in [2.05, 4.69) is 4.74 Å². The standard InChI is InChI=1S/C21H17F3O3/c22-21(23,24)27-19-11-10-16(18-9-5-4-8-17(18)13-25)12-20(19)26-14-15-6-2-1-3-7-15/h1-12,25H,13-14H2. The van der Waals surface area contributed by atoms with Gasteiger partial charge < -0.3 is 14.6 Å². The first kappa shape index (κ1) is 18.8. The molecule has 3 aromatic rings. The van der Waals surface area contributed by atoms with Gasteiger partial charge in [-0.3, -0.25) is 0 Å². The van der Waals surface area contributed by atoms with Crippen LogP contribution in [0.15, 0.2) is 72.8 Å². The minimum Gasteiger partial charge on any atom is -0.485 e. The Kier molecular flexibility index (Phi) is 5.66. The SMILES string of the molecule is OCc1ccccc1-c1ccc(OC(F)(F)F)c(OCc2ccccc2)c1. The van der Waals surface area contributed by atoms with Crippen LogP contribution in [0.25, 0.3) is 11.1 Å². The lowest BCUT2D eigenvalue weighted by molar-refractivity contribution is -0.275. The molecule has 0 amide bonds. The van der Waals surface area contributed by atoms with E-state index in [1.807, 2.05) is 30.3 Å². The van der Waals surface area contributed by atoms with Gasteiger partial charge in [0.15, 0.2) is 11.5 Å². The minimum atomic E-state index is -4.82. The maximum absolute atomic E-state index is 12.7. The molecule has 27 heavy (non-hydrogen) atoms. The van der Waals surface area contributed by atoms with Crippen LogP contribution in [0.5, 0.6) is 11.5 Å². The van der Waals surface area contributed by atoms with Crippen LogP contribution < -0.4 is 9.47 Å². The quantitative estimate of drug-likeness (QED) is 0.634. The molecule has 0 aliphatic carbocycles. The Bertz CT molecular complexity index is 893. The summed E-state index contributed by atoms with van der Waals surface area (Å²) in [4.78, 5) is 0. The Hall–Kier alpha value is -2.99. The van der Waals surface area contributed by atoms with E-state index in [1.165, 1.54) is 18.2 Å². The van der Waals surface area contributed by atoms with E-state index in [4.69, 9.17) is 4.74 Å². The van der Waals surface area contributed by atoms with Crippen LogP contribution in [0, 0.1) is 0 Å². The summed E-state index contributed by atoms with van der Waals surface area (Å²) in [5.74, 6) is -0.440. The van der Waals surface area contributed by atoms with Crippen molar-refractivity contribution in [1.82, 2.24) is 0 Å². The highest BCUT2D eigenvalue weighted by Gasteiger charge is 2.32. The van der Waals surface area contributed by atoms with Crippen LogP contribution in [0.3, 0.4) is 0 Å². The second kappa shape index (κ2) is 8.14. The van der Waals surface area contributed by atoms with Gasteiger partial charge in [-0.15, -0.1) is 13.2 Å². The monoisotopic (exact) mass is 374 g/mol. The number of ether oxygens (including phenoxy) is 2. The van der Waals surface area contributed by atoms with Gasteiger partial charge in [0, 0.05) is 0 Å². The molecule has 3 nitrogen and oxygen atoms in total. The number of halogens is 3. The molecular weight excluding hydrogens is 357 g/mol. The van der Waals surface area contributed by atoms with Gasteiger partial charge in [-0.1, -0.05) is 60.7 Å². The Morgan fingerprint density at radius 1 is 0.815 bits per heavy atom. The van der Waals surface area contributed by atoms with E-state index in [9.17, 15) is 18.3 Å². The molecular formula is C21H17F3O3. The van der Waals surface area contributed by atoms with Gasteiger partial charge in [0.25, 0.3) is 0 Å². The van der Waals surface area contributed by atoms with E-state index in [0.717, 1.165) is 5.56 Å². The molecule has 0 aliphatic heterocycles. The van der Waals surface area contributed by atoms with Gasteiger partial charge >= 0.3 is 6.36 Å². The van der Waals surface area contributed by atoms with Crippen LogP contribution in [0.1, 0.15) is 11.1 Å². The summed E-state index contributed by atoms with van der Waals surface area (Å²) in [6.07, 6.45) is -4.82. The van der Waals surface area contributed by atoms with Crippen molar-refractivity contribution in [2.45, 2.75) is 19.6 Å². The van der Waals surface area contributed by atoms with Crippen LogP contribution >= 0.6 is 0 Å². The number of benzene rings is 3. The number of rotatable bonds is 6. The third kappa shape index (κ3) is 5.01. The molecule has 0 spiro atoms. The maximum atomic E-state index is 12.7. The first-order chi connectivity index (χ1) is 13.0. The Labute approximate surface area is 154 Å². The first-order valence-electron chi connectivity index (χ1n) is 8.22. The maximum Gasteiger partial charge on any atom is 0.573 e. The molecule has 0 radical (unpaired) electrons. The Balaban J connectivity index is 1.95. The van der Waals surface area contributed by atoms with E-state index < -0.39 is 12.1 Å². The summed E-state index contributed by atoms with van der Waals surface area (Å²) in [6.45, 7) is -0.0860. The number of aliphatic hydroxyl groups is 1. The van der Waals surface area contributed by atoms with Crippen molar-refractivity contribution in [3.63, 3.8) is 0 Å². The van der Waals surface area contributed by atoms with Crippen LogP contribution in [0.2, 0.25) is 0 Å². The molecule has 0 fully saturated rings. The predicted octanol–water partition coefficient (Wildman–Crippen LogP) is 5.32. The molecule has 3 aromatic carbocycles. The van der Waals surface area contributed by atoms with E-state index >= 15 is 0 Å². The highest BCUT2D eigenvalue weighted by atomic mass is 19.4. The predicted molar refractivity (Wildman–Crippen MR) is 95.3 cm³/mol. The third-order valence-corrected chi connectivity index (χ3v) is 3.91. The fourth-order valence-corrected chi connectivity index (χ4v) is 2.67. The normalized spacial score (nSPS) is 11.3. The van der Waals surface area contributed by atoms with Gasteiger partial charge in [0.1, 0.15) is 6.61 Å². The molecule has 0 unspecified atom stereocenters. The number of alkyl halides is 3. The lowest BCUT2D eigenvalue weighted by atomic mass is 10.00. The zero-order valence-corrected chi connectivity index (χ0v) is 14.2. The molecule has 0 heterocycles. The molecule has 0 saturated heterocycles. The molecule has 0 atom stereocenters. The summed E-state index contributed by atoms with van der Waals surface area (Å²) >= 11 is 0. The van der Waals surface area contributed by atoms with Gasteiger partial charge in [-0.05, 0) is 34.4 Å². The summed E-state index contributed by atoms with van der Waals surface area (Å²) < 4.78 is 47.9. The lowest BCUT2D eigenvalue weighted by Crippen LogP contribution is -2.17. The van der Waals surface area contributed by atoms with Crippen LogP contribution in [0.4, 0.5) is 13.2 Å². The van der Waals surface area contributed by atoms with Gasteiger partial charge in [-0.2, -0.15) is 0 Å². The molecule has 140 valence electrons. The minimum absolute atomic E-state index is 0.0265. The van der Waals surface area contributed by atoms with E-state index in [1.54, 1.807) is 24.3 Å². The van der Waals surface area contributed by atoms with E-state index in [0.29, 0.717) is 16.7 Å². The molecule has 3 rings (SSSR count). The lowest BCUT2D eigenvalue weighted by Gasteiger charge is -2.16.